The Morgan fingerprint density at radius 1 is 0.800 bits per heavy atom. The van der Waals surface area contributed by atoms with E-state index < -0.39 is 0 Å². The molecule has 5 rings (SSSR count). The molecule has 174 valence electrons. The number of rotatable bonds is 5. The molecule has 1 aliphatic heterocycles. The number of pyridine rings is 1. The molecule has 1 saturated heterocycles. The number of carbonyl (C=O) groups excluding carboxylic acids is 2. The van der Waals surface area contributed by atoms with Crippen molar-refractivity contribution in [2.24, 2.45) is 0 Å². The lowest BCUT2D eigenvalue weighted by Crippen LogP contribution is -2.50. The SMILES string of the molecule is O=C(/C=C/c1cn(-c2ccccc2)nc1-c1cccnc1)N1CCN(C(=O)c2ccccc2)CC1. The summed E-state index contributed by atoms with van der Waals surface area (Å²) in [5.74, 6) is -0.0795. The zero-order valence-corrected chi connectivity index (χ0v) is 19.2. The first-order valence-corrected chi connectivity index (χ1v) is 11.6. The van der Waals surface area contributed by atoms with Gasteiger partial charge in [-0.1, -0.05) is 36.4 Å². The van der Waals surface area contributed by atoms with Gasteiger partial charge in [-0.05, 0) is 42.5 Å². The van der Waals surface area contributed by atoms with Gasteiger partial charge in [-0.15, -0.1) is 0 Å². The number of carbonyl (C=O) groups is 2. The van der Waals surface area contributed by atoms with Gasteiger partial charge in [0.15, 0.2) is 0 Å². The van der Waals surface area contributed by atoms with E-state index in [2.05, 4.69) is 4.98 Å². The Hall–Kier alpha value is -4.52. The number of hydrogen-bond acceptors (Lipinski definition) is 4. The van der Waals surface area contributed by atoms with Gasteiger partial charge < -0.3 is 9.80 Å². The second-order valence-electron chi connectivity index (χ2n) is 8.27. The highest BCUT2D eigenvalue weighted by molar-refractivity contribution is 5.95. The summed E-state index contributed by atoms with van der Waals surface area (Å²) in [6.07, 6.45) is 8.79. The molecule has 0 N–H and O–H groups in total. The van der Waals surface area contributed by atoms with Crippen molar-refractivity contribution in [3.8, 4) is 16.9 Å². The molecule has 2 amide bonds. The highest BCUT2D eigenvalue weighted by Gasteiger charge is 2.24. The van der Waals surface area contributed by atoms with Crippen LogP contribution in [0.15, 0.2) is 97.5 Å². The molecule has 35 heavy (non-hydrogen) atoms. The maximum Gasteiger partial charge on any atom is 0.253 e. The Balaban J connectivity index is 1.30. The molecule has 7 nitrogen and oxygen atoms in total. The molecule has 0 spiro atoms. The smallest absolute Gasteiger partial charge is 0.253 e. The van der Waals surface area contributed by atoms with E-state index in [1.807, 2.05) is 79.0 Å². The van der Waals surface area contributed by atoms with Crippen molar-refractivity contribution in [1.29, 1.82) is 0 Å². The Bertz CT molecular complexity index is 1330. The third kappa shape index (κ3) is 5.04. The van der Waals surface area contributed by atoms with Gasteiger partial charge in [-0.3, -0.25) is 14.6 Å². The lowest BCUT2D eigenvalue weighted by molar-refractivity contribution is -0.127. The molecule has 0 unspecified atom stereocenters. The number of para-hydroxylation sites is 1. The molecule has 0 atom stereocenters. The molecule has 1 aliphatic rings. The fraction of sp³-hybridized carbons (Fsp3) is 0.143. The Labute approximate surface area is 203 Å². The minimum atomic E-state index is -0.0820. The molecule has 0 aliphatic carbocycles. The van der Waals surface area contributed by atoms with Gasteiger partial charge in [-0.25, -0.2) is 4.68 Å². The van der Waals surface area contributed by atoms with Crippen molar-refractivity contribution >= 4 is 17.9 Å². The molecule has 7 heteroatoms. The predicted molar refractivity (Wildman–Crippen MR) is 135 cm³/mol. The fourth-order valence-corrected chi connectivity index (χ4v) is 4.11. The predicted octanol–water partition coefficient (Wildman–Crippen LogP) is 3.93. The van der Waals surface area contributed by atoms with Gasteiger partial charge in [0, 0.05) is 67.5 Å². The highest BCUT2D eigenvalue weighted by Crippen LogP contribution is 2.24. The van der Waals surface area contributed by atoms with Gasteiger partial charge in [0.25, 0.3) is 5.91 Å². The molecule has 0 bridgehead atoms. The molecule has 4 aromatic rings. The van der Waals surface area contributed by atoms with Crippen LogP contribution < -0.4 is 0 Å². The van der Waals surface area contributed by atoms with Crippen molar-refractivity contribution in [3.63, 3.8) is 0 Å². The molecule has 0 saturated carbocycles. The van der Waals surface area contributed by atoms with E-state index in [4.69, 9.17) is 5.10 Å². The number of nitrogens with zero attached hydrogens (tertiary/aromatic N) is 5. The summed E-state index contributed by atoms with van der Waals surface area (Å²) in [6, 6.07) is 22.9. The van der Waals surface area contributed by atoms with Crippen molar-refractivity contribution in [1.82, 2.24) is 24.6 Å². The number of piperazine rings is 1. The summed E-state index contributed by atoms with van der Waals surface area (Å²) < 4.78 is 1.81. The molecular weight excluding hydrogens is 438 g/mol. The lowest BCUT2D eigenvalue weighted by Gasteiger charge is -2.34. The van der Waals surface area contributed by atoms with Crippen LogP contribution in [0, 0.1) is 0 Å². The number of benzene rings is 2. The van der Waals surface area contributed by atoms with E-state index in [0.717, 1.165) is 22.5 Å². The molecule has 3 heterocycles. The molecule has 2 aromatic carbocycles. The molecular formula is C28H25N5O2. The topological polar surface area (TPSA) is 71.3 Å². The second-order valence-corrected chi connectivity index (χ2v) is 8.27. The zero-order valence-electron chi connectivity index (χ0n) is 19.2. The van der Waals surface area contributed by atoms with Crippen LogP contribution in [0.5, 0.6) is 0 Å². The second kappa shape index (κ2) is 10.2. The summed E-state index contributed by atoms with van der Waals surface area (Å²) in [5, 5.41) is 4.76. The number of amides is 2. The summed E-state index contributed by atoms with van der Waals surface area (Å²) in [6.45, 7) is 2.03. The van der Waals surface area contributed by atoms with E-state index in [1.165, 1.54) is 0 Å². The maximum atomic E-state index is 12.9. The fourth-order valence-electron chi connectivity index (χ4n) is 4.11. The average molecular weight is 464 g/mol. The van der Waals surface area contributed by atoms with Gasteiger partial charge in [-0.2, -0.15) is 5.10 Å². The third-order valence-electron chi connectivity index (χ3n) is 6.00. The van der Waals surface area contributed by atoms with Crippen LogP contribution in [0.3, 0.4) is 0 Å². The van der Waals surface area contributed by atoms with Crippen molar-refractivity contribution in [2.75, 3.05) is 26.2 Å². The van der Waals surface area contributed by atoms with Crippen LogP contribution >= 0.6 is 0 Å². The van der Waals surface area contributed by atoms with E-state index in [1.54, 1.807) is 39.0 Å². The first-order valence-electron chi connectivity index (χ1n) is 11.6. The van der Waals surface area contributed by atoms with Crippen LogP contribution in [0.4, 0.5) is 0 Å². The third-order valence-corrected chi connectivity index (χ3v) is 6.00. The quantitative estimate of drug-likeness (QED) is 0.421. The first-order chi connectivity index (χ1) is 17.2. The number of hydrogen-bond donors (Lipinski definition) is 0. The summed E-state index contributed by atoms with van der Waals surface area (Å²) in [5.41, 5.74) is 4.06. The monoisotopic (exact) mass is 463 g/mol. The average Bonchev–Trinajstić information content (AvgIpc) is 3.37. The van der Waals surface area contributed by atoms with Crippen molar-refractivity contribution in [2.45, 2.75) is 0 Å². The minimum absolute atomic E-state index is 0.00248. The van der Waals surface area contributed by atoms with Gasteiger partial charge in [0.2, 0.25) is 5.91 Å². The minimum Gasteiger partial charge on any atom is -0.336 e. The standard InChI is InChI=1S/C28H25N5O2/c34-26(31-16-18-32(19-17-31)28(35)22-8-3-1-4-9-22)14-13-24-21-33(25-11-5-2-6-12-25)30-27(24)23-10-7-15-29-20-23/h1-15,20-21H,16-19H2/b14-13+. The first kappa shape index (κ1) is 22.3. The van der Waals surface area contributed by atoms with Gasteiger partial charge in [0.05, 0.1) is 5.69 Å². The Morgan fingerprint density at radius 2 is 1.49 bits per heavy atom. The van der Waals surface area contributed by atoms with Crippen LogP contribution in [0.2, 0.25) is 0 Å². The molecule has 1 fully saturated rings. The van der Waals surface area contributed by atoms with Crippen LogP contribution in [0.25, 0.3) is 23.0 Å². The Morgan fingerprint density at radius 3 is 2.17 bits per heavy atom. The summed E-state index contributed by atoms with van der Waals surface area (Å²) >= 11 is 0. The van der Waals surface area contributed by atoms with E-state index >= 15 is 0 Å². The van der Waals surface area contributed by atoms with Crippen LogP contribution in [-0.2, 0) is 4.79 Å². The van der Waals surface area contributed by atoms with E-state index in [0.29, 0.717) is 31.7 Å². The lowest BCUT2D eigenvalue weighted by atomic mass is 10.1. The van der Waals surface area contributed by atoms with E-state index in [-0.39, 0.29) is 11.8 Å². The molecule has 0 radical (unpaired) electrons. The van der Waals surface area contributed by atoms with Gasteiger partial charge in [0.1, 0.15) is 5.69 Å². The van der Waals surface area contributed by atoms with E-state index in [9.17, 15) is 9.59 Å². The number of aromatic nitrogens is 3. The summed E-state index contributed by atoms with van der Waals surface area (Å²) in [7, 11) is 0. The van der Waals surface area contributed by atoms with Crippen LogP contribution in [-0.4, -0.2) is 62.6 Å². The maximum absolute atomic E-state index is 12.9. The van der Waals surface area contributed by atoms with Crippen molar-refractivity contribution < 1.29 is 9.59 Å². The Kier molecular flexibility index (Phi) is 6.48. The highest BCUT2D eigenvalue weighted by atomic mass is 16.2. The molecule has 2 aromatic heterocycles. The van der Waals surface area contributed by atoms with Gasteiger partial charge >= 0.3 is 0 Å². The normalized spacial score (nSPS) is 13.8. The largest absolute Gasteiger partial charge is 0.336 e. The summed E-state index contributed by atoms with van der Waals surface area (Å²) in [4.78, 5) is 33.4. The zero-order chi connectivity index (χ0) is 24.0. The van der Waals surface area contributed by atoms with Crippen molar-refractivity contribution in [3.05, 3.63) is 109 Å². The van der Waals surface area contributed by atoms with Crippen LogP contribution in [0.1, 0.15) is 15.9 Å².